The van der Waals surface area contributed by atoms with Crippen LogP contribution in [0.3, 0.4) is 0 Å². The van der Waals surface area contributed by atoms with Crippen molar-refractivity contribution in [2.24, 2.45) is 5.73 Å². The summed E-state index contributed by atoms with van der Waals surface area (Å²) in [6.07, 6.45) is 5.11. The summed E-state index contributed by atoms with van der Waals surface area (Å²) in [5.41, 5.74) is 7.24. The molecule has 0 aromatic carbocycles. The Kier molecular flexibility index (Phi) is 7.00. The zero-order valence-electron chi connectivity index (χ0n) is 12.4. The highest BCUT2D eigenvalue weighted by molar-refractivity contribution is 7.14. The first kappa shape index (κ1) is 17.5. The number of likely N-dealkylation sites (tertiary alicyclic amines) is 1. The van der Waals surface area contributed by atoms with Crippen molar-refractivity contribution in [2.45, 2.75) is 52.0 Å². The minimum Gasteiger partial charge on any atom is -0.338 e. The van der Waals surface area contributed by atoms with Gasteiger partial charge in [0.1, 0.15) is 0 Å². The zero-order chi connectivity index (χ0) is 13.8. The van der Waals surface area contributed by atoms with Crippen LogP contribution in [0.15, 0.2) is 6.07 Å². The van der Waals surface area contributed by atoms with Gasteiger partial charge in [0.25, 0.3) is 5.91 Å². The van der Waals surface area contributed by atoms with E-state index in [1.807, 2.05) is 4.90 Å². The SMILES string of the molecule is CCCc1sc(C(=O)N2CCC(N)CC2)cc1CC.Cl. The van der Waals surface area contributed by atoms with E-state index in [1.54, 1.807) is 11.3 Å². The third-order valence-electron chi connectivity index (χ3n) is 3.79. The monoisotopic (exact) mass is 316 g/mol. The predicted molar refractivity (Wildman–Crippen MR) is 88.1 cm³/mol. The number of hydrogen-bond donors (Lipinski definition) is 1. The van der Waals surface area contributed by atoms with E-state index in [1.165, 1.54) is 10.4 Å². The van der Waals surface area contributed by atoms with Gasteiger partial charge >= 0.3 is 0 Å². The van der Waals surface area contributed by atoms with Crippen molar-refractivity contribution in [3.8, 4) is 0 Å². The van der Waals surface area contributed by atoms with Crippen molar-refractivity contribution in [2.75, 3.05) is 13.1 Å². The number of thiophene rings is 1. The van der Waals surface area contributed by atoms with Crippen LogP contribution in [0.1, 0.15) is 53.2 Å². The van der Waals surface area contributed by atoms with Crippen LogP contribution in [0, 0.1) is 0 Å². The van der Waals surface area contributed by atoms with Crippen LogP contribution in [-0.4, -0.2) is 29.9 Å². The summed E-state index contributed by atoms with van der Waals surface area (Å²) in [6, 6.07) is 2.38. The number of nitrogens with two attached hydrogens (primary N) is 1. The largest absolute Gasteiger partial charge is 0.338 e. The lowest BCUT2D eigenvalue weighted by Crippen LogP contribution is -2.42. The van der Waals surface area contributed by atoms with Crippen LogP contribution in [0.2, 0.25) is 0 Å². The van der Waals surface area contributed by atoms with Gasteiger partial charge in [-0.2, -0.15) is 0 Å². The number of rotatable bonds is 4. The second-order valence-corrected chi connectivity index (χ2v) is 6.43. The van der Waals surface area contributed by atoms with Crippen LogP contribution in [0.4, 0.5) is 0 Å². The molecule has 1 aromatic heterocycles. The lowest BCUT2D eigenvalue weighted by Gasteiger charge is -2.29. The quantitative estimate of drug-likeness (QED) is 0.927. The number of carbonyl (C=O) groups excluding carboxylic acids is 1. The average Bonchev–Trinajstić information content (AvgIpc) is 2.82. The molecule has 1 fully saturated rings. The number of aryl methyl sites for hydroxylation is 2. The molecule has 1 saturated heterocycles. The van der Waals surface area contributed by atoms with Crippen LogP contribution < -0.4 is 5.73 Å². The standard InChI is InChI=1S/C15H24N2OS.ClH/c1-3-5-13-11(4-2)10-14(19-13)15(18)17-8-6-12(16)7-9-17;/h10,12H,3-9,16H2,1-2H3;1H. The van der Waals surface area contributed by atoms with Gasteiger partial charge in [-0.3, -0.25) is 4.79 Å². The van der Waals surface area contributed by atoms with Crippen molar-refractivity contribution < 1.29 is 4.79 Å². The van der Waals surface area contributed by atoms with Gasteiger partial charge in [0.05, 0.1) is 4.88 Å². The Hall–Kier alpha value is -0.580. The fraction of sp³-hybridized carbons (Fsp3) is 0.667. The summed E-state index contributed by atoms with van der Waals surface area (Å²) in [5, 5.41) is 0. The van der Waals surface area contributed by atoms with E-state index in [4.69, 9.17) is 5.73 Å². The molecule has 0 atom stereocenters. The summed E-state index contributed by atoms with van der Waals surface area (Å²) in [5.74, 6) is 0.203. The number of amides is 1. The minimum atomic E-state index is 0. The van der Waals surface area contributed by atoms with Crippen molar-refractivity contribution in [1.29, 1.82) is 0 Å². The molecule has 1 aliphatic rings. The normalized spacial score (nSPS) is 16.1. The molecule has 2 heterocycles. The molecule has 3 nitrogen and oxygen atoms in total. The molecular weight excluding hydrogens is 292 g/mol. The van der Waals surface area contributed by atoms with Gasteiger partial charge < -0.3 is 10.6 Å². The Labute approximate surface area is 131 Å². The van der Waals surface area contributed by atoms with Gasteiger partial charge in [-0.15, -0.1) is 23.7 Å². The summed E-state index contributed by atoms with van der Waals surface area (Å²) in [4.78, 5) is 16.8. The highest BCUT2D eigenvalue weighted by Crippen LogP contribution is 2.26. The summed E-state index contributed by atoms with van der Waals surface area (Å²) < 4.78 is 0. The fourth-order valence-corrected chi connectivity index (χ4v) is 3.89. The number of piperidine rings is 1. The Morgan fingerprint density at radius 1 is 1.40 bits per heavy atom. The maximum atomic E-state index is 12.5. The molecule has 0 radical (unpaired) electrons. The number of halogens is 1. The molecule has 0 unspecified atom stereocenters. The van der Waals surface area contributed by atoms with Gasteiger partial charge in [0.2, 0.25) is 0 Å². The van der Waals surface area contributed by atoms with Crippen molar-refractivity contribution in [1.82, 2.24) is 4.90 Å². The molecule has 2 N–H and O–H groups in total. The van der Waals surface area contributed by atoms with Crippen molar-refractivity contribution in [3.05, 3.63) is 21.4 Å². The molecule has 0 saturated carbocycles. The molecule has 20 heavy (non-hydrogen) atoms. The lowest BCUT2D eigenvalue weighted by atomic mass is 10.1. The molecular formula is C15H25ClN2OS. The van der Waals surface area contributed by atoms with E-state index in [2.05, 4.69) is 19.9 Å². The average molecular weight is 317 g/mol. The Balaban J connectivity index is 0.00000200. The molecule has 1 aromatic rings. The molecule has 0 aliphatic carbocycles. The van der Waals surface area contributed by atoms with E-state index < -0.39 is 0 Å². The maximum absolute atomic E-state index is 12.5. The summed E-state index contributed by atoms with van der Waals surface area (Å²) in [6.45, 7) is 5.97. The smallest absolute Gasteiger partial charge is 0.263 e. The van der Waals surface area contributed by atoms with E-state index >= 15 is 0 Å². The zero-order valence-corrected chi connectivity index (χ0v) is 14.0. The second kappa shape index (κ2) is 8.01. The van der Waals surface area contributed by atoms with E-state index in [-0.39, 0.29) is 24.4 Å². The Morgan fingerprint density at radius 2 is 2.05 bits per heavy atom. The fourth-order valence-electron chi connectivity index (χ4n) is 2.57. The molecule has 2 rings (SSSR count). The minimum absolute atomic E-state index is 0. The van der Waals surface area contributed by atoms with Gasteiger partial charge in [-0.25, -0.2) is 0 Å². The van der Waals surface area contributed by atoms with Crippen LogP contribution in [0.25, 0.3) is 0 Å². The van der Waals surface area contributed by atoms with E-state index in [0.29, 0.717) is 0 Å². The van der Waals surface area contributed by atoms with Gasteiger partial charge in [-0.05, 0) is 37.3 Å². The van der Waals surface area contributed by atoms with Gasteiger partial charge in [0.15, 0.2) is 0 Å². The van der Waals surface area contributed by atoms with Crippen LogP contribution in [-0.2, 0) is 12.8 Å². The van der Waals surface area contributed by atoms with Crippen LogP contribution >= 0.6 is 23.7 Å². The van der Waals surface area contributed by atoms with E-state index in [0.717, 1.165) is 50.1 Å². The second-order valence-electron chi connectivity index (χ2n) is 5.29. The van der Waals surface area contributed by atoms with E-state index in [9.17, 15) is 4.79 Å². The number of hydrogen-bond acceptors (Lipinski definition) is 3. The third kappa shape index (κ3) is 3.96. The number of carbonyl (C=O) groups is 1. The lowest BCUT2D eigenvalue weighted by molar-refractivity contribution is 0.0719. The van der Waals surface area contributed by atoms with Crippen LogP contribution in [0.5, 0.6) is 0 Å². The Bertz CT molecular complexity index is 439. The van der Waals surface area contributed by atoms with Crippen molar-refractivity contribution >= 4 is 29.7 Å². The van der Waals surface area contributed by atoms with Crippen molar-refractivity contribution in [3.63, 3.8) is 0 Å². The maximum Gasteiger partial charge on any atom is 0.263 e. The first-order chi connectivity index (χ1) is 9.15. The third-order valence-corrected chi connectivity index (χ3v) is 5.02. The highest BCUT2D eigenvalue weighted by atomic mass is 35.5. The molecule has 1 amide bonds. The first-order valence-electron chi connectivity index (χ1n) is 7.32. The molecule has 0 bridgehead atoms. The summed E-state index contributed by atoms with van der Waals surface area (Å²) >= 11 is 1.69. The highest BCUT2D eigenvalue weighted by Gasteiger charge is 2.23. The predicted octanol–water partition coefficient (Wildman–Crippen LogP) is 3.25. The molecule has 0 spiro atoms. The molecule has 1 aliphatic heterocycles. The topological polar surface area (TPSA) is 46.3 Å². The van der Waals surface area contributed by atoms with Gasteiger partial charge in [0, 0.05) is 24.0 Å². The molecule has 5 heteroatoms. The first-order valence-corrected chi connectivity index (χ1v) is 8.13. The Morgan fingerprint density at radius 3 is 2.60 bits per heavy atom. The number of nitrogens with zero attached hydrogens (tertiary/aromatic N) is 1. The summed E-state index contributed by atoms with van der Waals surface area (Å²) in [7, 11) is 0. The molecule has 114 valence electrons. The van der Waals surface area contributed by atoms with Gasteiger partial charge in [-0.1, -0.05) is 20.3 Å².